The fraction of sp³-hybridized carbons (Fsp3) is 0.594. The molecule has 1 heterocycles. The molecule has 10 nitrogen and oxygen atoms in total. The number of rotatable bonds is 13. The van der Waals surface area contributed by atoms with Crippen molar-refractivity contribution >= 4 is 35.2 Å². The maximum atomic E-state index is 14.3. The van der Waals surface area contributed by atoms with Crippen molar-refractivity contribution in [3.63, 3.8) is 0 Å². The van der Waals surface area contributed by atoms with Gasteiger partial charge in [-0.25, -0.2) is 9.78 Å². The van der Waals surface area contributed by atoms with E-state index in [1.54, 1.807) is 53.0 Å². The highest BCUT2D eigenvalue weighted by Gasteiger charge is 2.40. The van der Waals surface area contributed by atoms with Gasteiger partial charge in [-0.3, -0.25) is 14.4 Å². The van der Waals surface area contributed by atoms with E-state index in [2.05, 4.69) is 10.3 Å². The Bertz CT molecular complexity index is 1200. The van der Waals surface area contributed by atoms with Gasteiger partial charge >= 0.3 is 6.09 Å². The van der Waals surface area contributed by atoms with Crippen LogP contribution in [0.2, 0.25) is 0 Å². The lowest BCUT2D eigenvalue weighted by molar-refractivity contribution is -0.152. The van der Waals surface area contributed by atoms with Crippen LogP contribution in [-0.2, 0) is 32.1 Å². The first-order valence-electron chi connectivity index (χ1n) is 14.8. The second-order valence-corrected chi connectivity index (χ2v) is 13.4. The minimum absolute atomic E-state index is 0.223. The lowest BCUT2D eigenvalue weighted by Gasteiger charge is -2.39. The van der Waals surface area contributed by atoms with Gasteiger partial charge in [0.05, 0.1) is 6.54 Å². The van der Waals surface area contributed by atoms with Gasteiger partial charge in [0.15, 0.2) is 0 Å². The molecule has 0 saturated carbocycles. The van der Waals surface area contributed by atoms with Gasteiger partial charge in [0.1, 0.15) is 28.7 Å². The van der Waals surface area contributed by atoms with Gasteiger partial charge in [0.2, 0.25) is 17.7 Å². The van der Waals surface area contributed by atoms with Gasteiger partial charge in [-0.2, -0.15) is 0 Å². The highest BCUT2D eigenvalue weighted by molar-refractivity contribution is 7.09. The van der Waals surface area contributed by atoms with E-state index in [4.69, 9.17) is 4.74 Å². The molecule has 0 fully saturated rings. The van der Waals surface area contributed by atoms with Crippen molar-refractivity contribution in [2.75, 3.05) is 21.1 Å². The summed E-state index contributed by atoms with van der Waals surface area (Å²) in [5.41, 5.74) is 0.181. The number of carbonyl (C=O) groups is 4. The molecule has 0 bridgehead atoms. The molecule has 0 aliphatic rings. The minimum Gasteiger partial charge on any atom is -0.444 e. The molecule has 4 amide bonds. The van der Waals surface area contributed by atoms with E-state index in [9.17, 15) is 19.2 Å². The lowest BCUT2D eigenvalue weighted by atomic mass is 9.93. The van der Waals surface area contributed by atoms with Crippen molar-refractivity contribution in [1.29, 1.82) is 0 Å². The largest absolute Gasteiger partial charge is 0.444 e. The fourth-order valence-corrected chi connectivity index (χ4v) is 5.44. The summed E-state index contributed by atoms with van der Waals surface area (Å²) in [6.45, 7) is 13.1. The molecule has 43 heavy (non-hydrogen) atoms. The van der Waals surface area contributed by atoms with Crippen LogP contribution in [0.25, 0.3) is 0 Å². The zero-order valence-electron chi connectivity index (χ0n) is 27.3. The van der Waals surface area contributed by atoms with Crippen LogP contribution in [-0.4, -0.2) is 88.4 Å². The van der Waals surface area contributed by atoms with E-state index in [0.29, 0.717) is 19.4 Å². The first kappa shape index (κ1) is 35.7. The van der Waals surface area contributed by atoms with Crippen LogP contribution in [0.1, 0.15) is 65.5 Å². The van der Waals surface area contributed by atoms with Crippen molar-refractivity contribution < 1.29 is 23.9 Å². The summed E-state index contributed by atoms with van der Waals surface area (Å²) in [4.78, 5) is 63.4. The van der Waals surface area contributed by atoms with Crippen molar-refractivity contribution in [3.8, 4) is 0 Å². The topological polar surface area (TPSA) is 112 Å². The van der Waals surface area contributed by atoms with E-state index in [1.165, 1.54) is 21.1 Å². The van der Waals surface area contributed by atoms with Crippen LogP contribution in [0.5, 0.6) is 0 Å². The second kappa shape index (κ2) is 15.8. The van der Waals surface area contributed by atoms with Crippen molar-refractivity contribution in [2.45, 2.75) is 91.6 Å². The van der Waals surface area contributed by atoms with Gasteiger partial charge in [-0.05, 0) is 38.2 Å². The second-order valence-electron chi connectivity index (χ2n) is 12.4. The Hall–Kier alpha value is -3.47. The molecule has 2 aromatic rings. The Morgan fingerprint density at radius 3 is 2.09 bits per heavy atom. The number of nitrogens with one attached hydrogen (secondary N) is 1. The summed E-state index contributed by atoms with van der Waals surface area (Å²) in [6, 6.07) is 6.98. The van der Waals surface area contributed by atoms with Crippen LogP contribution in [0.3, 0.4) is 0 Å². The quantitative estimate of drug-likeness (QED) is 0.353. The standard InChI is InChI=1S/C32H49N5O5S/c1-11-22(4)27(37(10)29(39)26(21(2)3)34-31(41)42-32(5,6)7)30(40)36(9)24(19-23-15-13-12-14-16-23)28(38)35(8)20-25-33-17-18-43-25/h12-18,21-22,24,26-27H,11,19-20H2,1-10H3,(H,34,41)/t22-,24-,26-,27-/m0/s1. The molecule has 1 aromatic carbocycles. The monoisotopic (exact) mass is 615 g/mol. The number of amides is 4. The minimum atomic E-state index is -0.907. The Morgan fingerprint density at radius 1 is 0.953 bits per heavy atom. The highest BCUT2D eigenvalue weighted by Crippen LogP contribution is 2.22. The number of thiazole rings is 1. The Morgan fingerprint density at radius 2 is 1.58 bits per heavy atom. The van der Waals surface area contributed by atoms with Gasteiger partial charge < -0.3 is 24.8 Å². The van der Waals surface area contributed by atoms with Crippen molar-refractivity contribution in [2.24, 2.45) is 11.8 Å². The number of nitrogens with zero attached hydrogens (tertiary/aromatic N) is 4. The first-order chi connectivity index (χ1) is 20.1. The zero-order valence-corrected chi connectivity index (χ0v) is 28.1. The highest BCUT2D eigenvalue weighted by atomic mass is 32.1. The fourth-order valence-electron chi connectivity index (χ4n) is 4.77. The van der Waals surface area contributed by atoms with Gasteiger partial charge in [-0.1, -0.05) is 64.4 Å². The molecular formula is C32H49N5O5S. The van der Waals surface area contributed by atoms with E-state index < -0.39 is 35.7 Å². The molecule has 11 heteroatoms. The van der Waals surface area contributed by atoms with Crippen molar-refractivity contribution in [3.05, 3.63) is 52.5 Å². The molecule has 0 unspecified atom stereocenters. The first-order valence-corrected chi connectivity index (χ1v) is 15.6. The molecule has 238 valence electrons. The molecule has 0 aliphatic heterocycles. The van der Waals surface area contributed by atoms with E-state index in [1.807, 2.05) is 63.4 Å². The summed E-state index contributed by atoms with van der Waals surface area (Å²) in [7, 11) is 4.91. The summed E-state index contributed by atoms with van der Waals surface area (Å²) < 4.78 is 5.40. The molecule has 1 N–H and O–H groups in total. The molecular weight excluding hydrogens is 566 g/mol. The molecule has 0 spiro atoms. The third-order valence-electron chi connectivity index (χ3n) is 7.41. The predicted molar refractivity (Wildman–Crippen MR) is 169 cm³/mol. The summed E-state index contributed by atoms with van der Waals surface area (Å²) in [5, 5.41) is 5.35. The van der Waals surface area contributed by atoms with Gasteiger partial charge in [0.25, 0.3) is 0 Å². The number of hydrogen-bond donors (Lipinski definition) is 1. The number of alkyl carbamates (subject to hydrolysis) is 1. The number of likely N-dealkylation sites (N-methyl/N-ethyl adjacent to an activating group) is 3. The number of aromatic nitrogens is 1. The van der Waals surface area contributed by atoms with Gasteiger partial charge in [-0.15, -0.1) is 11.3 Å². The molecule has 0 saturated heterocycles. The molecule has 0 radical (unpaired) electrons. The van der Waals surface area contributed by atoms with E-state index >= 15 is 0 Å². The molecule has 2 rings (SSSR count). The SMILES string of the molecule is CC[C@H](C)[C@@H](C(=O)N(C)[C@@H](Cc1ccccc1)C(=O)N(C)Cc1nccs1)N(C)C(=O)[C@@H](NC(=O)OC(C)(C)C)C(C)C. The summed E-state index contributed by atoms with van der Waals surface area (Å²) in [6.07, 6.45) is 1.92. The van der Waals surface area contributed by atoms with Gasteiger partial charge in [0, 0.05) is 39.1 Å². The normalized spacial score (nSPS) is 14.3. The van der Waals surface area contributed by atoms with E-state index in [0.717, 1.165) is 10.6 Å². The number of ether oxygens (including phenoxy) is 1. The van der Waals surface area contributed by atoms with Crippen LogP contribution in [0.4, 0.5) is 4.79 Å². The predicted octanol–water partition coefficient (Wildman–Crippen LogP) is 4.59. The number of hydrogen-bond acceptors (Lipinski definition) is 7. The van der Waals surface area contributed by atoms with Crippen LogP contribution >= 0.6 is 11.3 Å². The van der Waals surface area contributed by atoms with E-state index in [-0.39, 0.29) is 23.7 Å². The third-order valence-corrected chi connectivity index (χ3v) is 8.17. The average Bonchev–Trinajstić information content (AvgIpc) is 3.45. The smallest absolute Gasteiger partial charge is 0.408 e. The van der Waals surface area contributed by atoms with Crippen LogP contribution < -0.4 is 5.32 Å². The summed E-state index contributed by atoms with van der Waals surface area (Å²) in [5.74, 6) is -1.46. The molecule has 4 atom stereocenters. The number of benzene rings is 1. The third kappa shape index (κ3) is 10.3. The Balaban J connectivity index is 2.39. The zero-order chi connectivity index (χ0) is 32.5. The Labute approximate surface area is 260 Å². The van der Waals surface area contributed by atoms with Crippen LogP contribution in [0, 0.1) is 11.8 Å². The maximum Gasteiger partial charge on any atom is 0.408 e. The van der Waals surface area contributed by atoms with Crippen molar-refractivity contribution in [1.82, 2.24) is 25.0 Å². The Kier molecular flexibility index (Phi) is 13.2. The summed E-state index contributed by atoms with van der Waals surface area (Å²) >= 11 is 1.46. The number of carbonyl (C=O) groups excluding carboxylic acids is 4. The maximum absolute atomic E-state index is 14.3. The lowest BCUT2D eigenvalue weighted by Crippen LogP contribution is -2.60. The molecule has 0 aliphatic carbocycles. The molecule has 1 aromatic heterocycles. The van der Waals surface area contributed by atoms with Crippen LogP contribution in [0.15, 0.2) is 41.9 Å². The average molecular weight is 616 g/mol.